The Kier molecular flexibility index (Phi) is 3.09. The van der Waals surface area contributed by atoms with Crippen LogP contribution in [0.15, 0.2) is 0 Å². The number of alkyl halides is 3. The predicted molar refractivity (Wildman–Crippen MR) is 53.5 cm³/mol. The van der Waals surface area contributed by atoms with Crippen LogP contribution < -0.4 is 4.72 Å². The molecule has 2 aliphatic carbocycles. The minimum Gasteiger partial charge on any atom is -0.274 e. The molecule has 1 amide bonds. The van der Waals surface area contributed by atoms with Crippen LogP contribution >= 0.6 is 0 Å². The lowest BCUT2D eigenvalue weighted by molar-refractivity contribution is -0.273. The quantitative estimate of drug-likeness (QED) is 0.845. The summed E-state index contributed by atoms with van der Waals surface area (Å²) in [5, 5.41) is 0. The molecule has 104 valence electrons. The normalized spacial score (nSPS) is 23.3. The maximum absolute atomic E-state index is 12.7. The predicted octanol–water partition coefficient (Wildman–Crippen LogP) is 1.26. The highest BCUT2D eigenvalue weighted by atomic mass is 32.2. The van der Waals surface area contributed by atoms with E-state index in [9.17, 15) is 26.4 Å². The summed E-state index contributed by atoms with van der Waals surface area (Å²) in [6.07, 6.45) is -4.24. The molecule has 1 N–H and O–H groups in total. The number of carbonyl (C=O) groups excluding carboxylic acids is 1. The van der Waals surface area contributed by atoms with Gasteiger partial charge in [0.25, 0.3) is 0 Å². The number of amides is 1. The summed E-state index contributed by atoms with van der Waals surface area (Å²) >= 11 is 0. The van der Waals surface area contributed by atoms with Crippen LogP contribution in [-0.2, 0) is 19.3 Å². The number of hydrogen-bond donors (Lipinski definition) is 1. The standard InChI is InChI=1S/C9H12F3NO4S/c10-9(11,12)8(4-1-5-8)17-18(15,16)13-7(14)6-2-3-6/h6H,1-5H2,(H,13,14). The molecular weight excluding hydrogens is 275 g/mol. The van der Waals surface area contributed by atoms with Gasteiger partial charge < -0.3 is 0 Å². The average molecular weight is 287 g/mol. The Balaban J connectivity index is 2.04. The molecule has 9 heteroatoms. The molecule has 0 saturated heterocycles. The van der Waals surface area contributed by atoms with Crippen molar-refractivity contribution < 1.29 is 30.6 Å². The van der Waals surface area contributed by atoms with Gasteiger partial charge in [-0.1, -0.05) is 0 Å². The molecule has 0 unspecified atom stereocenters. The van der Waals surface area contributed by atoms with Crippen molar-refractivity contribution in [3.63, 3.8) is 0 Å². The van der Waals surface area contributed by atoms with Gasteiger partial charge in [0, 0.05) is 5.92 Å². The van der Waals surface area contributed by atoms with Crippen molar-refractivity contribution >= 4 is 16.2 Å². The number of hydrogen-bond acceptors (Lipinski definition) is 4. The molecule has 5 nitrogen and oxygen atoms in total. The Morgan fingerprint density at radius 2 is 1.83 bits per heavy atom. The van der Waals surface area contributed by atoms with E-state index in [1.807, 2.05) is 0 Å². The molecular formula is C9H12F3NO4S. The van der Waals surface area contributed by atoms with Crippen LogP contribution in [0.4, 0.5) is 13.2 Å². The second-order valence-electron chi connectivity index (χ2n) is 4.62. The van der Waals surface area contributed by atoms with Crippen molar-refractivity contribution in [3.05, 3.63) is 0 Å². The van der Waals surface area contributed by atoms with E-state index in [1.54, 1.807) is 0 Å². The molecule has 2 saturated carbocycles. The highest BCUT2D eigenvalue weighted by Gasteiger charge is 2.62. The first-order valence-electron chi connectivity index (χ1n) is 5.49. The van der Waals surface area contributed by atoms with Crippen LogP contribution in [0.1, 0.15) is 32.1 Å². The summed E-state index contributed by atoms with van der Waals surface area (Å²) < 4.78 is 66.5. The topological polar surface area (TPSA) is 72.5 Å². The van der Waals surface area contributed by atoms with E-state index in [4.69, 9.17) is 0 Å². The van der Waals surface area contributed by atoms with Gasteiger partial charge in [-0.3, -0.25) is 4.79 Å². The van der Waals surface area contributed by atoms with E-state index in [-0.39, 0.29) is 6.42 Å². The fourth-order valence-corrected chi connectivity index (χ4v) is 2.83. The van der Waals surface area contributed by atoms with E-state index >= 15 is 0 Å². The summed E-state index contributed by atoms with van der Waals surface area (Å²) in [4.78, 5) is 11.2. The minimum atomic E-state index is -4.76. The lowest BCUT2D eigenvalue weighted by Gasteiger charge is -2.41. The monoisotopic (exact) mass is 287 g/mol. The van der Waals surface area contributed by atoms with Gasteiger partial charge in [0.2, 0.25) is 5.91 Å². The van der Waals surface area contributed by atoms with E-state index in [1.165, 1.54) is 4.72 Å². The van der Waals surface area contributed by atoms with E-state index < -0.39 is 46.7 Å². The van der Waals surface area contributed by atoms with Gasteiger partial charge in [-0.05, 0) is 32.1 Å². The number of nitrogens with one attached hydrogen (secondary N) is 1. The highest BCUT2D eigenvalue weighted by molar-refractivity contribution is 7.85. The molecule has 18 heavy (non-hydrogen) atoms. The van der Waals surface area contributed by atoms with Crippen molar-refractivity contribution in [2.24, 2.45) is 5.92 Å². The molecule has 0 bridgehead atoms. The minimum absolute atomic E-state index is 0.242. The van der Waals surface area contributed by atoms with Crippen LogP contribution in [0.5, 0.6) is 0 Å². The maximum atomic E-state index is 12.7. The molecule has 0 aromatic rings. The summed E-state index contributed by atoms with van der Waals surface area (Å²) in [5.41, 5.74) is -2.66. The van der Waals surface area contributed by atoms with Crippen molar-refractivity contribution in [1.29, 1.82) is 0 Å². The van der Waals surface area contributed by atoms with E-state index in [0.29, 0.717) is 12.8 Å². The Labute approximate surface area is 102 Å². The smallest absolute Gasteiger partial charge is 0.274 e. The van der Waals surface area contributed by atoms with E-state index in [2.05, 4.69) is 4.18 Å². The second-order valence-corrected chi connectivity index (χ2v) is 5.90. The third-order valence-corrected chi connectivity index (χ3v) is 4.11. The number of carbonyl (C=O) groups is 1. The van der Waals surface area contributed by atoms with Crippen molar-refractivity contribution in [3.8, 4) is 0 Å². The number of rotatable bonds is 4. The fraction of sp³-hybridized carbons (Fsp3) is 0.889. The van der Waals surface area contributed by atoms with Gasteiger partial charge in [0.05, 0.1) is 0 Å². The SMILES string of the molecule is O=C(NS(=O)(=O)OC1(C(F)(F)F)CCC1)C1CC1. The first kappa shape index (κ1) is 13.6. The lowest BCUT2D eigenvalue weighted by atomic mass is 9.80. The summed E-state index contributed by atoms with van der Waals surface area (Å²) in [6, 6.07) is 0. The molecule has 2 rings (SSSR count). The summed E-state index contributed by atoms with van der Waals surface area (Å²) in [5.74, 6) is -1.22. The average Bonchev–Trinajstić information content (AvgIpc) is 2.90. The Hall–Kier alpha value is -0.830. The van der Waals surface area contributed by atoms with Crippen LogP contribution in [0, 0.1) is 5.92 Å². The molecule has 0 aromatic carbocycles. The highest BCUT2D eigenvalue weighted by Crippen LogP contribution is 2.48. The Bertz CT molecular complexity index is 451. The van der Waals surface area contributed by atoms with Gasteiger partial charge in [-0.25, -0.2) is 8.91 Å². The molecule has 2 fully saturated rings. The van der Waals surface area contributed by atoms with Crippen LogP contribution in [0.2, 0.25) is 0 Å². The molecule has 0 aromatic heterocycles. The largest absolute Gasteiger partial charge is 0.418 e. The first-order valence-corrected chi connectivity index (χ1v) is 6.90. The third-order valence-electron chi connectivity index (χ3n) is 3.12. The molecule has 0 atom stereocenters. The fourth-order valence-electron chi connectivity index (χ4n) is 1.69. The van der Waals surface area contributed by atoms with Crippen LogP contribution in [0.3, 0.4) is 0 Å². The van der Waals surface area contributed by atoms with Gasteiger partial charge in [-0.15, -0.1) is 0 Å². The Morgan fingerprint density at radius 3 is 2.17 bits per heavy atom. The van der Waals surface area contributed by atoms with Gasteiger partial charge in [0.1, 0.15) is 0 Å². The van der Waals surface area contributed by atoms with Crippen LogP contribution in [0.25, 0.3) is 0 Å². The van der Waals surface area contributed by atoms with E-state index in [0.717, 1.165) is 0 Å². The molecule has 0 heterocycles. The maximum Gasteiger partial charge on any atom is 0.418 e. The third kappa shape index (κ3) is 2.61. The van der Waals surface area contributed by atoms with Crippen molar-refractivity contribution in [2.45, 2.75) is 43.9 Å². The molecule has 0 spiro atoms. The zero-order valence-corrected chi connectivity index (χ0v) is 10.1. The zero-order valence-electron chi connectivity index (χ0n) is 9.29. The second kappa shape index (κ2) is 4.09. The zero-order chi connectivity index (χ0) is 13.6. The first-order chi connectivity index (χ1) is 8.15. The number of halogens is 3. The van der Waals surface area contributed by atoms with Gasteiger partial charge in [-0.2, -0.15) is 21.6 Å². The van der Waals surface area contributed by atoms with Gasteiger partial charge in [0.15, 0.2) is 5.60 Å². The summed E-state index contributed by atoms with van der Waals surface area (Å²) in [7, 11) is -4.71. The summed E-state index contributed by atoms with van der Waals surface area (Å²) in [6.45, 7) is 0. The lowest BCUT2D eigenvalue weighted by Crippen LogP contribution is -2.55. The van der Waals surface area contributed by atoms with Crippen LogP contribution in [-0.4, -0.2) is 26.1 Å². The molecule has 2 aliphatic rings. The van der Waals surface area contributed by atoms with Crippen molar-refractivity contribution in [1.82, 2.24) is 4.72 Å². The Morgan fingerprint density at radius 1 is 1.28 bits per heavy atom. The van der Waals surface area contributed by atoms with Gasteiger partial charge >= 0.3 is 16.5 Å². The van der Waals surface area contributed by atoms with Crippen molar-refractivity contribution in [2.75, 3.05) is 0 Å². The molecule has 0 aliphatic heterocycles. The molecule has 0 radical (unpaired) electrons.